The van der Waals surface area contributed by atoms with Crippen molar-refractivity contribution in [2.75, 3.05) is 0 Å². The van der Waals surface area contributed by atoms with Gasteiger partial charge in [-0.2, -0.15) is 5.10 Å². The van der Waals surface area contributed by atoms with Crippen LogP contribution in [0.4, 0.5) is 0 Å². The summed E-state index contributed by atoms with van der Waals surface area (Å²) in [7, 11) is 0. The van der Waals surface area contributed by atoms with Crippen LogP contribution in [0, 0.1) is 0 Å². The van der Waals surface area contributed by atoms with Crippen molar-refractivity contribution in [1.29, 1.82) is 0 Å². The molecule has 2 aromatic rings. The molecule has 0 amide bonds. The lowest BCUT2D eigenvalue weighted by Gasteiger charge is -2.04. The molecular formula is C11H10BrClN2OS. The second-order valence-electron chi connectivity index (χ2n) is 3.49. The molecular weight excluding hydrogens is 324 g/mol. The van der Waals surface area contributed by atoms with Crippen LogP contribution < -0.4 is 0 Å². The van der Waals surface area contributed by atoms with Crippen molar-refractivity contribution in [2.45, 2.75) is 19.9 Å². The van der Waals surface area contributed by atoms with Gasteiger partial charge in [0.1, 0.15) is 5.69 Å². The third kappa shape index (κ3) is 2.46. The molecule has 0 saturated heterocycles. The Kier molecular flexibility index (Phi) is 4.01. The molecule has 0 saturated carbocycles. The van der Waals surface area contributed by atoms with Crippen LogP contribution in [0.15, 0.2) is 22.1 Å². The Morgan fingerprint density at radius 2 is 2.41 bits per heavy atom. The van der Waals surface area contributed by atoms with Crippen LogP contribution in [0.1, 0.15) is 28.7 Å². The smallest absolute Gasteiger partial charge is 0.223 e. The molecule has 0 aliphatic heterocycles. The number of carbonyl (C=O) groups is 1. The van der Waals surface area contributed by atoms with Crippen LogP contribution in [0.5, 0.6) is 0 Å². The van der Waals surface area contributed by atoms with Gasteiger partial charge in [-0.15, -0.1) is 11.3 Å². The van der Waals surface area contributed by atoms with Crippen molar-refractivity contribution in [1.82, 2.24) is 9.78 Å². The van der Waals surface area contributed by atoms with E-state index >= 15 is 0 Å². The average molecular weight is 334 g/mol. The zero-order chi connectivity index (χ0) is 12.4. The van der Waals surface area contributed by atoms with Crippen LogP contribution in [0.25, 0.3) is 0 Å². The van der Waals surface area contributed by atoms with Crippen LogP contribution >= 0.6 is 38.9 Å². The lowest BCUT2D eigenvalue weighted by molar-refractivity contribution is 0.103. The highest BCUT2D eigenvalue weighted by atomic mass is 79.9. The average Bonchev–Trinajstić information content (AvgIpc) is 2.86. The summed E-state index contributed by atoms with van der Waals surface area (Å²) in [6, 6.07) is 1.85. The molecule has 2 aromatic heterocycles. The first-order chi connectivity index (χ1) is 8.15. The van der Waals surface area contributed by atoms with E-state index in [-0.39, 0.29) is 5.78 Å². The number of thiophene rings is 1. The van der Waals surface area contributed by atoms with Crippen molar-refractivity contribution in [3.63, 3.8) is 0 Å². The van der Waals surface area contributed by atoms with E-state index in [0.29, 0.717) is 22.1 Å². The Morgan fingerprint density at radius 1 is 1.65 bits per heavy atom. The number of ketones is 1. The van der Waals surface area contributed by atoms with E-state index in [4.69, 9.17) is 11.6 Å². The summed E-state index contributed by atoms with van der Waals surface area (Å²) >= 11 is 10.8. The van der Waals surface area contributed by atoms with Gasteiger partial charge in [-0.05, 0) is 33.8 Å². The maximum Gasteiger partial charge on any atom is 0.223 e. The van der Waals surface area contributed by atoms with Gasteiger partial charge in [-0.3, -0.25) is 9.48 Å². The molecule has 0 aliphatic carbocycles. The SMILES string of the molecule is CCCn1ncc(Cl)c1C(=O)c1sccc1Br. The maximum atomic E-state index is 12.3. The van der Waals surface area contributed by atoms with Gasteiger partial charge >= 0.3 is 0 Å². The standard InChI is InChI=1S/C11H10BrClN2OS/c1-2-4-15-9(8(13)6-14-15)10(16)11-7(12)3-5-17-11/h3,5-6H,2,4H2,1H3. The van der Waals surface area contributed by atoms with Crippen molar-refractivity contribution >= 4 is 44.7 Å². The molecule has 0 spiro atoms. The number of hydrogen-bond donors (Lipinski definition) is 0. The highest BCUT2D eigenvalue weighted by molar-refractivity contribution is 9.10. The number of aryl methyl sites for hydroxylation is 1. The van der Waals surface area contributed by atoms with Gasteiger partial charge in [0.25, 0.3) is 0 Å². The van der Waals surface area contributed by atoms with E-state index in [2.05, 4.69) is 21.0 Å². The van der Waals surface area contributed by atoms with E-state index in [0.717, 1.165) is 10.9 Å². The molecule has 6 heteroatoms. The van der Waals surface area contributed by atoms with Gasteiger partial charge < -0.3 is 0 Å². The first-order valence-corrected chi connectivity index (χ1v) is 7.19. The number of aromatic nitrogens is 2. The molecule has 0 bridgehead atoms. The van der Waals surface area contributed by atoms with Gasteiger partial charge in [-0.1, -0.05) is 18.5 Å². The molecule has 0 unspecified atom stereocenters. The minimum absolute atomic E-state index is 0.0807. The minimum atomic E-state index is -0.0807. The van der Waals surface area contributed by atoms with Gasteiger partial charge in [0.15, 0.2) is 0 Å². The lowest BCUT2D eigenvalue weighted by atomic mass is 10.2. The molecule has 0 aromatic carbocycles. The number of carbonyl (C=O) groups excluding carboxylic acids is 1. The molecule has 17 heavy (non-hydrogen) atoms. The monoisotopic (exact) mass is 332 g/mol. The molecule has 90 valence electrons. The van der Waals surface area contributed by atoms with Gasteiger partial charge in [0.05, 0.1) is 16.1 Å². The Bertz CT molecular complexity index is 549. The number of nitrogens with zero attached hydrogens (tertiary/aromatic N) is 2. The number of halogens is 2. The van der Waals surface area contributed by atoms with Crippen molar-refractivity contribution in [3.8, 4) is 0 Å². The highest BCUT2D eigenvalue weighted by Gasteiger charge is 2.21. The maximum absolute atomic E-state index is 12.3. The van der Waals surface area contributed by atoms with E-state index in [1.165, 1.54) is 17.5 Å². The Balaban J connectivity index is 2.43. The summed E-state index contributed by atoms with van der Waals surface area (Å²) in [4.78, 5) is 13.0. The largest absolute Gasteiger partial charge is 0.286 e. The third-order valence-corrected chi connectivity index (χ3v) is 4.38. The van der Waals surface area contributed by atoms with Crippen molar-refractivity contribution in [2.24, 2.45) is 0 Å². The Hall–Kier alpha value is -0.650. The van der Waals surface area contributed by atoms with Crippen molar-refractivity contribution < 1.29 is 4.79 Å². The second kappa shape index (κ2) is 5.33. The summed E-state index contributed by atoms with van der Waals surface area (Å²) in [5.74, 6) is -0.0807. The first-order valence-electron chi connectivity index (χ1n) is 5.14. The second-order valence-corrected chi connectivity index (χ2v) is 5.67. The fourth-order valence-corrected chi connectivity index (χ4v) is 3.25. The summed E-state index contributed by atoms with van der Waals surface area (Å²) in [6.07, 6.45) is 2.43. The van der Waals surface area contributed by atoms with Crippen LogP contribution in [0.2, 0.25) is 5.02 Å². The van der Waals surface area contributed by atoms with Gasteiger partial charge in [0, 0.05) is 11.0 Å². The van der Waals surface area contributed by atoms with E-state index in [1.807, 2.05) is 18.4 Å². The molecule has 3 nitrogen and oxygen atoms in total. The van der Waals surface area contributed by atoms with Crippen molar-refractivity contribution in [3.05, 3.63) is 37.7 Å². The van der Waals surface area contributed by atoms with Crippen LogP contribution in [0.3, 0.4) is 0 Å². The zero-order valence-corrected chi connectivity index (χ0v) is 12.3. The molecule has 0 atom stereocenters. The zero-order valence-electron chi connectivity index (χ0n) is 9.11. The van der Waals surface area contributed by atoms with Gasteiger partial charge in [-0.25, -0.2) is 0 Å². The fraction of sp³-hybridized carbons (Fsp3) is 0.273. The van der Waals surface area contributed by atoms with E-state index < -0.39 is 0 Å². The predicted octanol–water partition coefficient (Wildman–Crippen LogP) is 4.00. The Labute approximate surface area is 117 Å². The van der Waals surface area contributed by atoms with E-state index in [1.54, 1.807) is 4.68 Å². The Morgan fingerprint density at radius 3 is 3.00 bits per heavy atom. The highest BCUT2D eigenvalue weighted by Crippen LogP contribution is 2.28. The lowest BCUT2D eigenvalue weighted by Crippen LogP contribution is -2.11. The summed E-state index contributed by atoms with van der Waals surface area (Å²) in [5, 5.41) is 6.39. The third-order valence-electron chi connectivity index (χ3n) is 2.27. The summed E-state index contributed by atoms with van der Waals surface area (Å²) in [5.41, 5.74) is 0.469. The molecule has 0 aliphatic rings. The van der Waals surface area contributed by atoms with Crippen LogP contribution in [-0.4, -0.2) is 15.6 Å². The minimum Gasteiger partial charge on any atom is -0.286 e. The molecule has 0 radical (unpaired) electrons. The molecule has 2 rings (SSSR count). The molecule has 2 heterocycles. The normalized spacial score (nSPS) is 10.8. The molecule has 0 fully saturated rings. The summed E-state index contributed by atoms with van der Waals surface area (Å²) < 4.78 is 2.46. The number of hydrogen-bond acceptors (Lipinski definition) is 3. The molecule has 0 N–H and O–H groups in total. The summed E-state index contributed by atoms with van der Waals surface area (Å²) in [6.45, 7) is 2.72. The predicted molar refractivity (Wildman–Crippen MR) is 73.0 cm³/mol. The topological polar surface area (TPSA) is 34.9 Å². The first kappa shape index (κ1) is 12.8. The fourth-order valence-electron chi connectivity index (χ4n) is 1.53. The quantitative estimate of drug-likeness (QED) is 0.793. The van der Waals surface area contributed by atoms with Gasteiger partial charge in [0.2, 0.25) is 5.78 Å². The number of rotatable bonds is 4. The van der Waals surface area contributed by atoms with E-state index in [9.17, 15) is 4.79 Å². The van der Waals surface area contributed by atoms with Crippen LogP contribution in [-0.2, 0) is 6.54 Å².